The Morgan fingerprint density at radius 3 is 2.59 bits per heavy atom. The predicted octanol–water partition coefficient (Wildman–Crippen LogP) is 2.80. The van der Waals surface area contributed by atoms with Gasteiger partial charge >= 0.3 is 6.18 Å². The van der Waals surface area contributed by atoms with E-state index in [1.165, 1.54) is 11.2 Å². The Bertz CT molecular complexity index is 357. The normalized spacial score (nSPS) is 11.6. The van der Waals surface area contributed by atoms with Gasteiger partial charge in [0, 0.05) is 23.6 Å². The van der Waals surface area contributed by atoms with Gasteiger partial charge in [0.1, 0.15) is 18.7 Å². The van der Waals surface area contributed by atoms with Crippen LogP contribution in [0.15, 0.2) is 12.4 Å². The number of alkyl halides is 4. The molecule has 17 heavy (non-hydrogen) atoms. The van der Waals surface area contributed by atoms with Crippen LogP contribution < -0.4 is 4.90 Å². The monoisotopic (exact) mass is 311 g/mol. The van der Waals surface area contributed by atoms with Crippen molar-refractivity contribution in [1.29, 1.82) is 0 Å². The third-order valence-corrected chi connectivity index (χ3v) is 2.47. The zero-order valence-corrected chi connectivity index (χ0v) is 10.9. The van der Waals surface area contributed by atoms with Crippen LogP contribution in [0.2, 0.25) is 0 Å². The van der Waals surface area contributed by atoms with Crippen molar-refractivity contribution in [1.82, 2.24) is 9.97 Å². The van der Waals surface area contributed by atoms with Crippen molar-refractivity contribution in [2.45, 2.75) is 19.5 Å². The highest BCUT2D eigenvalue weighted by Crippen LogP contribution is 2.20. The van der Waals surface area contributed by atoms with Gasteiger partial charge in [-0.15, -0.1) is 0 Å². The maximum absolute atomic E-state index is 12.4. The second-order valence-corrected chi connectivity index (χ2v) is 4.24. The Morgan fingerprint density at radius 1 is 1.35 bits per heavy atom. The van der Waals surface area contributed by atoms with Gasteiger partial charge in [-0.2, -0.15) is 13.2 Å². The molecule has 0 bridgehead atoms. The standard InChI is InChI=1S/C10H13BrF3N3/c1-2-8-5-9(16-7-15-8)17(4-3-11)6-10(12,13)14/h5,7H,2-4,6H2,1H3. The van der Waals surface area contributed by atoms with Crippen LogP contribution in [0, 0.1) is 0 Å². The molecule has 0 unspecified atom stereocenters. The molecule has 1 aromatic rings. The summed E-state index contributed by atoms with van der Waals surface area (Å²) in [6, 6.07) is 1.59. The van der Waals surface area contributed by atoms with Crippen LogP contribution >= 0.6 is 15.9 Å². The van der Waals surface area contributed by atoms with Crippen LogP contribution in [0.25, 0.3) is 0 Å². The number of nitrogens with zero attached hydrogens (tertiary/aromatic N) is 3. The average molecular weight is 312 g/mol. The zero-order valence-electron chi connectivity index (χ0n) is 9.34. The molecule has 1 rings (SSSR count). The quantitative estimate of drug-likeness (QED) is 0.783. The highest BCUT2D eigenvalue weighted by molar-refractivity contribution is 9.09. The van der Waals surface area contributed by atoms with Crippen molar-refractivity contribution >= 4 is 21.7 Å². The fourth-order valence-electron chi connectivity index (χ4n) is 1.35. The summed E-state index contributed by atoms with van der Waals surface area (Å²) in [5.74, 6) is 0.314. The van der Waals surface area contributed by atoms with Crippen molar-refractivity contribution in [3.8, 4) is 0 Å². The van der Waals surface area contributed by atoms with E-state index in [1.807, 2.05) is 6.92 Å². The van der Waals surface area contributed by atoms with Crippen LogP contribution in [-0.2, 0) is 6.42 Å². The topological polar surface area (TPSA) is 29.0 Å². The molecule has 1 aromatic heterocycles. The molecule has 0 fully saturated rings. The van der Waals surface area contributed by atoms with E-state index in [2.05, 4.69) is 25.9 Å². The first-order chi connectivity index (χ1) is 7.96. The van der Waals surface area contributed by atoms with E-state index in [0.717, 1.165) is 5.69 Å². The third kappa shape index (κ3) is 4.89. The largest absolute Gasteiger partial charge is 0.405 e. The molecule has 96 valence electrons. The summed E-state index contributed by atoms with van der Waals surface area (Å²) in [4.78, 5) is 9.04. The predicted molar refractivity (Wildman–Crippen MR) is 63.5 cm³/mol. The summed E-state index contributed by atoms with van der Waals surface area (Å²) in [5, 5.41) is 0.453. The second kappa shape index (κ2) is 6.18. The minimum Gasteiger partial charge on any atom is -0.347 e. The van der Waals surface area contributed by atoms with E-state index in [4.69, 9.17) is 0 Å². The number of rotatable bonds is 5. The van der Waals surface area contributed by atoms with E-state index < -0.39 is 12.7 Å². The molecule has 0 aliphatic carbocycles. The average Bonchev–Trinajstić information content (AvgIpc) is 2.27. The third-order valence-electron chi connectivity index (χ3n) is 2.12. The van der Waals surface area contributed by atoms with E-state index >= 15 is 0 Å². The zero-order chi connectivity index (χ0) is 12.9. The molecule has 0 saturated heterocycles. The lowest BCUT2D eigenvalue weighted by molar-refractivity contribution is -0.119. The molecule has 0 amide bonds. The van der Waals surface area contributed by atoms with E-state index in [-0.39, 0.29) is 6.54 Å². The lowest BCUT2D eigenvalue weighted by Gasteiger charge is -2.24. The van der Waals surface area contributed by atoms with Crippen molar-refractivity contribution in [3.63, 3.8) is 0 Å². The molecule has 1 heterocycles. The van der Waals surface area contributed by atoms with Crippen LogP contribution in [0.3, 0.4) is 0 Å². The molecule has 0 N–H and O–H groups in total. The molecule has 0 spiro atoms. The van der Waals surface area contributed by atoms with Crippen molar-refractivity contribution in [2.24, 2.45) is 0 Å². The van der Waals surface area contributed by atoms with Crippen molar-refractivity contribution in [2.75, 3.05) is 23.3 Å². The van der Waals surface area contributed by atoms with Gasteiger partial charge in [-0.25, -0.2) is 9.97 Å². The summed E-state index contributed by atoms with van der Waals surface area (Å²) in [6.45, 7) is 1.14. The van der Waals surface area contributed by atoms with Crippen LogP contribution in [0.1, 0.15) is 12.6 Å². The Labute approximate surface area is 106 Å². The van der Waals surface area contributed by atoms with Gasteiger partial charge in [0.05, 0.1) is 0 Å². The second-order valence-electron chi connectivity index (χ2n) is 3.45. The summed E-state index contributed by atoms with van der Waals surface area (Å²) >= 11 is 3.14. The Balaban J connectivity index is 2.88. The smallest absolute Gasteiger partial charge is 0.347 e. The number of aryl methyl sites for hydroxylation is 1. The van der Waals surface area contributed by atoms with Gasteiger partial charge in [-0.1, -0.05) is 22.9 Å². The van der Waals surface area contributed by atoms with Gasteiger partial charge < -0.3 is 4.90 Å². The molecule has 0 atom stereocenters. The van der Waals surface area contributed by atoms with Gasteiger partial charge in [-0.05, 0) is 6.42 Å². The minimum atomic E-state index is -4.24. The van der Waals surface area contributed by atoms with Crippen LogP contribution in [0.4, 0.5) is 19.0 Å². The minimum absolute atomic E-state index is 0.250. The lowest BCUT2D eigenvalue weighted by Crippen LogP contribution is -2.36. The number of hydrogen-bond acceptors (Lipinski definition) is 3. The van der Waals surface area contributed by atoms with E-state index in [0.29, 0.717) is 17.6 Å². The maximum Gasteiger partial charge on any atom is 0.405 e. The summed E-state index contributed by atoms with van der Waals surface area (Å²) in [5.41, 5.74) is 0.733. The Hall–Kier alpha value is -0.850. The molecule has 0 aromatic carbocycles. The van der Waals surface area contributed by atoms with Gasteiger partial charge in [0.25, 0.3) is 0 Å². The van der Waals surface area contributed by atoms with Gasteiger partial charge in [0.2, 0.25) is 0 Å². The number of aromatic nitrogens is 2. The molecule has 0 aliphatic heterocycles. The molecule has 0 saturated carbocycles. The maximum atomic E-state index is 12.4. The molecular formula is C10H13BrF3N3. The number of hydrogen-bond donors (Lipinski definition) is 0. The first kappa shape index (κ1) is 14.2. The fraction of sp³-hybridized carbons (Fsp3) is 0.600. The number of halogens is 4. The molecule has 0 radical (unpaired) electrons. The molecule has 7 heteroatoms. The summed E-state index contributed by atoms with van der Waals surface area (Å²) in [6.07, 6.45) is -2.27. The molecular weight excluding hydrogens is 299 g/mol. The molecule has 0 aliphatic rings. The van der Waals surface area contributed by atoms with Crippen molar-refractivity contribution < 1.29 is 13.2 Å². The van der Waals surface area contributed by atoms with Crippen molar-refractivity contribution in [3.05, 3.63) is 18.1 Å². The van der Waals surface area contributed by atoms with Crippen LogP contribution in [0.5, 0.6) is 0 Å². The van der Waals surface area contributed by atoms with Crippen LogP contribution in [-0.4, -0.2) is 34.6 Å². The highest BCUT2D eigenvalue weighted by Gasteiger charge is 2.31. The summed E-state index contributed by atoms with van der Waals surface area (Å²) in [7, 11) is 0. The fourth-order valence-corrected chi connectivity index (χ4v) is 1.77. The first-order valence-electron chi connectivity index (χ1n) is 5.15. The number of anilines is 1. The Kier molecular flexibility index (Phi) is 5.17. The summed E-state index contributed by atoms with van der Waals surface area (Å²) < 4.78 is 37.2. The van der Waals surface area contributed by atoms with E-state index in [9.17, 15) is 13.2 Å². The van der Waals surface area contributed by atoms with Gasteiger partial charge in [0.15, 0.2) is 0 Å². The highest BCUT2D eigenvalue weighted by atomic mass is 79.9. The Morgan fingerprint density at radius 2 is 2.06 bits per heavy atom. The van der Waals surface area contributed by atoms with Gasteiger partial charge in [-0.3, -0.25) is 0 Å². The molecule has 3 nitrogen and oxygen atoms in total. The SMILES string of the molecule is CCc1cc(N(CCBr)CC(F)(F)F)ncn1. The van der Waals surface area contributed by atoms with E-state index in [1.54, 1.807) is 6.07 Å². The lowest BCUT2D eigenvalue weighted by atomic mass is 10.3. The first-order valence-corrected chi connectivity index (χ1v) is 6.27.